The van der Waals surface area contributed by atoms with E-state index in [0.717, 1.165) is 19.3 Å². The van der Waals surface area contributed by atoms with Crippen molar-refractivity contribution in [2.24, 2.45) is 17.6 Å². The van der Waals surface area contributed by atoms with Gasteiger partial charge in [-0.25, -0.2) is 0 Å². The Labute approximate surface area is 61.8 Å². The first-order chi connectivity index (χ1) is 4.75. The van der Waals surface area contributed by atoms with Crippen molar-refractivity contribution in [3.8, 4) is 0 Å². The van der Waals surface area contributed by atoms with Crippen molar-refractivity contribution in [2.45, 2.75) is 26.2 Å². The second-order valence-corrected chi connectivity index (χ2v) is 3.16. The summed E-state index contributed by atoms with van der Waals surface area (Å²) in [4.78, 5) is 11.2. The van der Waals surface area contributed by atoms with Gasteiger partial charge < -0.3 is 5.73 Å². The Kier molecular flexibility index (Phi) is 2.44. The van der Waals surface area contributed by atoms with Gasteiger partial charge in [-0.05, 0) is 25.8 Å². The summed E-state index contributed by atoms with van der Waals surface area (Å²) in [7, 11) is 0. The van der Waals surface area contributed by atoms with Gasteiger partial charge in [-0.3, -0.25) is 4.79 Å². The molecule has 1 aliphatic carbocycles. The molecule has 0 aromatic rings. The second kappa shape index (κ2) is 3.15. The standard InChI is InChI=1S/C8H15NO/c1-6(4-5-9)8(10)7-2-3-7/h6-7H,2-5,9H2,1H3. The van der Waals surface area contributed by atoms with E-state index >= 15 is 0 Å². The Bertz CT molecular complexity index is 129. The topological polar surface area (TPSA) is 43.1 Å². The van der Waals surface area contributed by atoms with Crippen molar-refractivity contribution in [1.29, 1.82) is 0 Å². The zero-order valence-electron chi connectivity index (χ0n) is 6.47. The van der Waals surface area contributed by atoms with Gasteiger partial charge in [0.15, 0.2) is 0 Å². The third kappa shape index (κ3) is 1.81. The molecule has 2 N–H and O–H groups in total. The highest BCUT2D eigenvalue weighted by molar-refractivity contribution is 5.85. The fourth-order valence-electron chi connectivity index (χ4n) is 1.16. The van der Waals surface area contributed by atoms with E-state index in [4.69, 9.17) is 5.73 Å². The van der Waals surface area contributed by atoms with Gasteiger partial charge in [-0.15, -0.1) is 0 Å². The van der Waals surface area contributed by atoms with Crippen LogP contribution in [0.15, 0.2) is 0 Å². The first-order valence-corrected chi connectivity index (χ1v) is 3.99. The van der Waals surface area contributed by atoms with E-state index in [2.05, 4.69) is 0 Å². The molecule has 0 heterocycles. The van der Waals surface area contributed by atoms with Crippen LogP contribution in [0.3, 0.4) is 0 Å². The first-order valence-electron chi connectivity index (χ1n) is 3.99. The van der Waals surface area contributed by atoms with E-state index in [0.29, 0.717) is 18.2 Å². The van der Waals surface area contributed by atoms with Gasteiger partial charge >= 0.3 is 0 Å². The molecule has 0 spiro atoms. The predicted molar refractivity (Wildman–Crippen MR) is 40.6 cm³/mol. The van der Waals surface area contributed by atoms with Gasteiger partial charge in [0, 0.05) is 11.8 Å². The number of nitrogens with two attached hydrogens (primary N) is 1. The first kappa shape index (κ1) is 7.73. The number of hydrogen-bond donors (Lipinski definition) is 1. The van der Waals surface area contributed by atoms with E-state index in [1.807, 2.05) is 6.92 Å². The number of Topliss-reactive ketones (excluding diaryl/α,β-unsaturated/α-hetero) is 1. The molecule has 2 nitrogen and oxygen atoms in total. The van der Waals surface area contributed by atoms with Gasteiger partial charge in [0.05, 0.1) is 0 Å². The Morgan fingerprint density at radius 1 is 1.70 bits per heavy atom. The summed E-state index contributed by atoms with van der Waals surface area (Å²) in [6.07, 6.45) is 3.09. The molecule has 0 bridgehead atoms. The molecular formula is C8H15NO. The summed E-state index contributed by atoms with van der Waals surface area (Å²) in [5.41, 5.74) is 5.34. The number of hydrogen-bond acceptors (Lipinski definition) is 2. The van der Waals surface area contributed by atoms with Gasteiger partial charge in [0.1, 0.15) is 5.78 Å². The molecule has 10 heavy (non-hydrogen) atoms. The quantitative estimate of drug-likeness (QED) is 0.633. The van der Waals surface area contributed by atoms with Crippen LogP contribution in [0.5, 0.6) is 0 Å². The molecule has 0 aromatic heterocycles. The molecule has 1 unspecified atom stereocenters. The Balaban J connectivity index is 2.24. The molecule has 1 atom stereocenters. The molecule has 0 saturated heterocycles. The number of carbonyl (C=O) groups is 1. The normalized spacial score (nSPS) is 20.6. The van der Waals surface area contributed by atoms with E-state index in [1.165, 1.54) is 0 Å². The van der Waals surface area contributed by atoms with Gasteiger partial charge in [-0.2, -0.15) is 0 Å². The highest BCUT2D eigenvalue weighted by Gasteiger charge is 2.31. The number of carbonyl (C=O) groups excluding carboxylic acids is 1. The monoisotopic (exact) mass is 141 g/mol. The summed E-state index contributed by atoms with van der Waals surface area (Å²) in [6.45, 7) is 2.62. The lowest BCUT2D eigenvalue weighted by atomic mass is 9.99. The fourth-order valence-corrected chi connectivity index (χ4v) is 1.16. The third-order valence-corrected chi connectivity index (χ3v) is 2.07. The summed E-state index contributed by atoms with van der Waals surface area (Å²) in [5, 5.41) is 0. The van der Waals surface area contributed by atoms with Crippen LogP contribution < -0.4 is 5.73 Å². The second-order valence-electron chi connectivity index (χ2n) is 3.16. The fraction of sp³-hybridized carbons (Fsp3) is 0.875. The average molecular weight is 141 g/mol. The lowest BCUT2D eigenvalue weighted by molar-refractivity contribution is -0.123. The third-order valence-electron chi connectivity index (χ3n) is 2.07. The Morgan fingerprint density at radius 3 is 2.70 bits per heavy atom. The van der Waals surface area contributed by atoms with Gasteiger partial charge in [0.25, 0.3) is 0 Å². The number of rotatable bonds is 4. The summed E-state index contributed by atoms with van der Waals surface area (Å²) < 4.78 is 0. The summed E-state index contributed by atoms with van der Waals surface area (Å²) >= 11 is 0. The minimum atomic E-state index is 0.206. The van der Waals surface area contributed by atoms with Crippen LogP contribution in [0, 0.1) is 11.8 Å². The molecule has 1 aliphatic rings. The summed E-state index contributed by atoms with van der Waals surface area (Å²) in [6, 6.07) is 0. The predicted octanol–water partition coefficient (Wildman–Crippen LogP) is 0.950. The highest BCUT2D eigenvalue weighted by atomic mass is 16.1. The molecular weight excluding hydrogens is 126 g/mol. The Hall–Kier alpha value is -0.370. The maximum absolute atomic E-state index is 11.2. The molecule has 0 aromatic carbocycles. The van der Waals surface area contributed by atoms with E-state index in [1.54, 1.807) is 0 Å². The smallest absolute Gasteiger partial charge is 0.138 e. The minimum Gasteiger partial charge on any atom is -0.330 e. The average Bonchev–Trinajstić information content (AvgIpc) is 2.68. The van der Waals surface area contributed by atoms with Crippen molar-refractivity contribution >= 4 is 5.78 Å². The molecule has 0 aliphatic heterocycles. The lowest BCUT2D eigenvalue weighted by Crippen LogP contribution is -2.16. The van der Waals surface area contributed by atoms with Crippen LogP contribution in [0.1, 0.15) is 26.2 Å². The largest absolute Gasteiger partial charge is 0.330 e. The van der Waals surface area contributed by atoms with Gasteiger partial charge in [-0.1, -0.05) is 6.92 Å². The van der Waals surface area contributed by atoms with Crippen LogP contribution >= 0.6 is 0 Å². The van der Waals surface area contributed by atoms with Crippen LogP contribution in [-0.4, -0.2) is 12.3 Å². The van der Waals surface area contributed by atoms with Crippen molar-refractivity contribution in [1.82, 2.24) is 0 Å². The van der Waals surface area contributed by atoms with Crippen molar-refractivity contribution in [3.63, 3.8) is 0 Å². The van der Waals surface area contributed by atoms with E-state index in [-0.39, 0.29) is 5.92 Å². The number of ketones is 1. The van der Waals surface area contributed by atoms with Crippen LogP contribution in [0.2, 0.25) is 0 Å². The summed E-state index contributed by atoms with van der Waals surface area (Å²) in [5.74, 6) is 1.05. The van der Waals surface area contributed by atoms with Crippen molar-refractivity contribution in [2.75, 3.05) is 6.54 Å². The Morgan fingerprint density at radius 2 is 2.30 bits per heavy atom. The van der Waals surface area contributed by atoms with Crippen LogP contribution in [0.4, 0.5) is 0 Å². The maximum Gasteiger partial charge on any atom is 0.138 e. The van der Waals surface area contributed by atoms with Gasteiger partial charge in [0.2, 0.25) is 0 Å². The van der Waals surface area contributed by atoms with Crippen molar-refractivity contribution in [3.05, 3.63) is 0 Å². The molecule has 1 rings (SSSR count). The molecule has 0 radical (unpaired) electrons. The lowest BCUT2D eigenvalue weighted by Gasteiger charge is -2.06. The minimum absolute atomic E-state index is 0.206. The molecule has 58 valence electrons. The van der Waals surface area contributed by atoms with E-state index < -0.39 is 0 Å². The maximum atomic E-state index is 11.2. The van der Waals surface area contributed by atoms with Crippen LogP contribution in [-0.2, 0) is 4.79 Å². The molecule has 1 fully saturated rings. The van der Waals surface area contributed by atoms with Crippen molar-refractivity contribution < 1.29 is 4.79 Å². The SMILES string of the molecule is CC(CCN)C(=O)C1CC1. The van der Waals surface area contributed by atoms with Crippen LogP contribution in [0.25, 0.3) is 0 Å². The molecule has 0 amide bonds. The molecule has 1 saturated carbocycles. The van der Waals surface area contributed by atoms with E-state index in [9.17, 15) is 4.79 Å². The highest BCUT2D eigenvalue weighted by Crippen LogP contribution is 2.32. The molecule has 2 heteroatoms. The zero-order chi connectivity index (χ0) is 7.56. The zero-order valence-corrected chi connectivity index (χ0v) is 6.47.